The van der Waals surface area contributed by atoms with E-state index in [1.165, 1.54) is 12.0 Å². The van der Waals surface area contributed by atoms with Crippen molar-refractivity contribution in [3.8, 4) is 0 Å². The Hall–Kier alpha value is -1.39. The molecular weight excluding hydrogens is 264 g/mol. The van der Waals surface area contributed by atoms with E-state index in [9.17, 15) is 4.79 Å². The third-order valence-corrected chi connectivity index (χ3v) is 3.77. The molecule has 0 saturated carbocycles. The van der Waals surface area contributed by atoms with Crippen LogP contribution in [0.2, 0.25) is 0 Å². The maximum absolute atomic E-state index is 12.1. The van der Waals surface area contributed by atoms with Gasteiger partial charge in [0, 0.05) is 18.6 Å². The van der Waals surface area contributed by atoms with E-state index in [2.05, 4.69) is 0 Å². The predicted molar refractivity (Wildman–Crippen MR) is 83.9 cm³/mol. The summed E-state index contributed by atoms with van der Waals surface area (Å²) >= 11 is 0. The molecule has 0 spiro atoms. The second kappa shape index (κ2) is 7.05. The molecule has 0 atom stereocenters. The van der Waals surface area contributed by atoms with Crippen LogP contribution in [0.4, 0.5) is 0 Å². The Morgan fingerprint density at radius 3 is 2.38 bits per heavy atom. The number of hydrogen-bond donors (Lipinski definition) is 1. The predicted octanol–water partition coefficient (Wildman–Crippen LogP) is 2.91. The molecule has 1 aromatic carbocycles. The van der Waals surface area contributed by atoms with E-state index in [4.69, 9.17) is 10.6 Å². The second-order valence-corrected chi connectivity index (χ2v) is 6.55. The fourth-order valence-electron chi connectivity index (χ4n) is 2.40. The molecule has 1 heterocycles. The molecule has 0 aromatic heterocycles. The summed E-state index contributed by atoms with van der Waals surface area (Å²) in [4.78, 5) is 17.5. The first-order valence-corrected chi connectivity index (χ1v) is 7.79. The Kier molecular flexibility index (Phi) is 5.37. The average molecular weight is 290 g/mol. The van der Waals surface area contributed by atoms with E-state index < -0.39 is 0 Å². The minimum Gasteiger partial charge on any atom is -0.364 e. The van der Waals surface area contributed by atoms with Crippen molar-refractivity contribution in [2.45, 2.75) is 51.5 Å². The van der Waals surface area contributed by atoms with Crippen LogP contribution in [-0.4, -0.2) is 29.7 Å². The van der Waals surface area contributed by atoms with Crippen molar-refractivity contribution in [2.24, 2.45) is 5.73 Å². The summed E-state index contributed by atoms with van der Waals surface area (Å²) in [5.41, 5.74) is 7.63. The van der Waals surface area contributed by atoms with Crippen molar-refractivity contribution in [1.29, 1.82) is 0 Å². The summed E-state index contributed by atoms with van der Waals surface area (Å²) in [6.07, 6.45) is 5.26. The van der Waals surface area contributed by atoms with E-state index in [1.807, 2.05) is 38.1 Å². The smallest absolute Gasteiger partial charge is 0.357 e. The standard InChI is InChI=1S/C17H26N2O2/c1-17(2,18)11-10-14-6-8-15(9-7-14)16(20)21-19-12-4-3-5-13-19/h6-9H,3-5,10-13,18H2,1-2H3. The first-order chi connectivity index (χ1) is 9.94. The summed E-state index contributed by atoms with van der Waals surface area (Å²) in [5, 5.41) is 1.77. The van der Waals surface area contributed by atoms with Gasteiger partial charge in [-0.25, -0.2) is 4.79 Å². The molecule has 1 fully saturated rings. The van der Waals surface area contributed by atoms with Gasteiger partial charge in [0.2, 0.25) is 0 Å². The first kappa shape index (κ1) is 16.0. The molecule has 1 aromatic rings. The number of nitrogens with zero attached hydrogens (tertiary/aromatic N) is 1. The van der Waals surface area contributed by atoms with Crippen molar-refractivity contribution in [2.75, 3.05) is 13.1 Å². The molecule has 1 saturated heterocycles. The maximum Gasteiger partial charge on any atom is 0.357 e. The van der Waals surface area contributed by atoms with Crippen LogP contribution in [-0.2, 0) is 11.3 Å². The highest BCUT2D eigenvalue weighted by molar-refractivity contribution is 5.89. The molecule has 0 radical (unpaired) electrons. The van der Waals surface area contributed by atoms with E-state index in [1.54, 1.807) is 5.06 Å². The summed E-state index contributed by atoms with van der Waals surface area (Å²) in [7, 11) is 0. The van der Waals surface area contributed by atoms with Crippen molar-refractivity contribution in [3.05, 3.63) is 35.4 Å². The Labute approximate surface area is 127 Å². The summed E-state index contributed by atoms with van der Waals surface area (Å²) in [6, 6.07) is 7.65. The SMILES string of the molecule is CC(C)(N)CCc1ccc(C(=O)ON2CCCCC2)cc1. The fourth-order valence-corrected chi connectivity index (χ4v) is 2.40. The van der Waals surface area contributed by atoms with Gasteiger partial charge in [0.05, 0.1) is 5.56 Å². The third-order valence-electron chi connectivity index (χ3n) is 3.77. The van der Waals surface area contributed by atoms with E-state index in [0.717, 1.165) is 38.8 Å². The molecular formula is C17H26N2O2. The monoisotopic (exact) mass is 290 g/mol. The zero-order chi connectivity index (χ0) is 15.3. The van der Waals surface area contributed by atoms with Crippen LogP contribution in [0.15, 0.2) is 24.3 Å². The Balaban J connectivity index is 1.87. The van der Waals surface area contributed by atoms with Crippen LogP contribution in [0.25, 0.3) is 0 Å². The number of carbonyl (C=O) groups excluding carboxylic acids is 1. The molecule has 21 heavy (non-hydrogen) atoms. The van der Waals surface area contributed by atoms with Gasteiger partial charge < -0.3 is 10.6 Å². The lowest BCUT2D eigenvalue weighted by atomic mass is 9.96. The van der Waals surface area contributed by atoms with Crippen LogP contribution in [0.5, 0.6) is 0 Å². The van der Waals surface area contributed by atoms with Crippen molar-refractivity contribution < 1.29 is 9.63 Å². The van der Waals surface area contributed by atoms with Gasteiger partial charge in [-0.2, -0.15) is 0 Å². The molecule has 0 amide bonds. The van der Waals surface area contributed by atoms with Crippen molar-refractivity contribution in [3.63, 3.8) is 0 Å². The highest BCUT2D eigenvalue weighted by atomic mass is 16.7. The molecule has 2 N–H and O–H groups in total. The van der Waals surface area contributed by atoms with Gasteiger partial charge in [-0.15, -0.1) is 5.06 Å². The number of carbonyl (C=O) groups is 1. The molecule has 4 nitrogen and oxygen atoms in total. The molecule has 116 valence electrons. The Morgan fingerprint density at radius 1 is 1.19 bits per heavy atom. The van der Waals surface area contributed by atoms with Gasteiger partial charge in [-0.1, -0.05) is 18.6 Å². The number of nitrogens with two attached hydrogens (primary N) is 1. The van der Waals surface area contributed by atoms with Crippen molar-refractivity contribution in [1.82, 2.24) is 5.06 Å². The Bertz CT molecular complexity index is 457. The van der Waals surface area contributed by atoms with Crippen molar-refractivity contribution >= 4 is 5.97 Å². The van der Waals surface area contributed by atoms with Crippen LogP contribution in [0.3, 0.4) is 0 Å². The molecule has 0 bridgehead atoms. The highest BCUT2D eigenvalue weighted by Gasteiger charge is 2.16. The van der Waals surface area contributed by atoms with E-state index in [0.29, 0.717) is 5.56 Å². The van der Waals surface area contributed by atoms with Crippen LogP contribution < -0.4 is 5.73 Å². The van der Waals surface area contributed by atoms with Gasteiger partial charge in [-0.3, -0.25) is 0 Å². The summed E-state index contributed by atoms with van der Waals surface area (Å²) < 4.78 is 0. The quantitative estimate of drug-likeness (QED) is 0.906. The number of aryl methyl sites for hydroxylation is 1. The summed E-state index contributed by atoms with van der Waals surface area (Å²) in [6.45, 7) is 5.74. The lowest BCUT2D eigenvalue weighted by Gasteiger charge is -2.24. The summed E-state index contributed by atoms with van der Waals surface area (Å²) in [5.74, 6) is -0.261. The lowest BCUT2D eigenvalue weighted by molar-refractivity contribution is -0.119. The number of rotatable bonds is 5. The van der Waals surface area contributed by atoms with Crippen LogP contribution in [0, 0.1) is 0 Å². The third kappa shape index (κ3) is 5.48. The van der Waals surface area contributed by atoms with E-state index in [-0.39, 0.29) is 11.5 Å². The Morgan fingerprint density at radius 2 is 1.81 bits per heavy atom. The average Bonchev–Trinajstić information content (AvgIpc) is 2.46. The van der Waals surface area contributed by atoms with Crippen LogP contribution in [0.1, 0.15) is 55.5 Å². The molecule has 4 heteroatoms. The molecule has 1 aliphatic heterocycles. The second-order valence-electron chi connectivity index (χ2n) is 6.55. The first-order valence-electron chi connectivity index (χ1n) is 7.79. The number of hydrogen-bond acceptors (Lipinski definition) is 4. The van der Waals surface area contributed by atoms with Gasteiger partial charge in [0.15, 0.2) is 0 Å². The zero-order valence-corrected chi connectivity index (χ0v) is 13.1. The minimum atomic E-state index is -0.261. The van der Waals surface area contributed by atoms with Gasteiger partial charge >= 0.3 is 5.97 Å². The largest absolute Gasteiger partial charge is 0.364 e. The normalized spacial score (nSPS) is 16.7. The number of benzene rings is 1. The zero-order valence-electron chi connectivity index (χ0n) is 13.1. The maximum atomic E-state index is 12.1. The minimum absolute atomic E-state index is 0.161. The topological polar surface area (TPSA) is 55.6 Å². The fraction of sp³-hybridized carbons (Fsp3) is 0.588. The molecule has 0 unspecified atom stereocenters. The highest BCUT2D eigenvalue weighted by Crippen LogP contribution is 2.14. The van der Waals surface area contributed by atoms with Crippen LogP contribution >= 0.6 is 0 Å². The molecule has 1 aliphatic rings. The molecule has 0 aliphatic carbocycles. The van der Waals surface area contributed by atoms with Gasteiger partial charge in [0.1, 0.15) is 0 Å². The number of piperidine rings is 1. The number of hydroxylamine groups is 2. The van der Waals surface area contributed by atoms with Gasteiger partial charge in [-0.05, 0) is 57.2 Å². The lowest BCUT2D eigenvalue weighted by Crippen LogP contribution is -2.32. The van der Waals surface area contributed by atoms with E-state index >= 15 is 0 Å². The van der Waals surface area contributed by atoms with Gasteiger partial charge in [0.25, 0.3) is 0 Å². The molecule has 2 rings (SSSR count).